The number of likely N-dealkylation sites (tertiary alicyclic amines) is 1. The number of nitrogens with zero attached hydrogens (tertiary/aromatic N) is 2. The second-order valence-electron chi connectivity index (χ2n) is 5.50. The summed E-state index contributed by atoms with van der Waals surface area (Å²) in [6, 6.07) is 3.44. The van der Waals surface area contributed by atoms with Crippen LogP contribution in [0.15, 0.2) is 29.1 Å². The molecule has 3 rings (SSSR count). The summed E-state index contributed by atoms with van der Waals surface area (Å²) in [5, 5.41) is 9.59. The van der Waals surface area contributed by atoms with Crippen LogP contribution in [0.3, 0.4) is 0 Å². The van der Waals surface area contributed by atoms with Crippen LogP contribution in [0.25, 0.3) is 0 Å². The highest BCUT2D eigenvalue weighted by Crippen LogP contribution is 2.21. The Morgan fingerprint density at radius 3 is 2.77 bits per heavy atom. The number of carbonyl (C=O) groups is 2. The van der Waals surface area contributed by atoms with E-state index in [9.17, 15) is 9.59 Å². The Morgan fingerprint density at radius 1 is 1.41 bits per heavy atom. The normalized spacial score (nSPS) is 15.8. The molecule has 1 aliphatic rings. The summed E-state index contributed by atoms with van der Waals surface area (Å²) < 4.78 is 4.93. The van der Waals surface area contributed by atoms with Gasteiger partial charge in [0.15, 0.2) is 5.82 Å². The monoisotopic (exact) mass is 302 g/mol. The Balaban J connectivity index is 1.53. The number of aryl methyl sites for hydroxylation is 1. The molecule has 0 atom stereocenters. The van der Waals surface area contributed by atoms with Gasteiger partial charge in [0, 0.05) is 30.8 Å². The first-order valence-corrected chi connectivity index (χ1v) is 7.28. The average molecular weight is 302 g/mol. The van der Waals surface area contributed by atoms with E-state index in [4.69, 9.17) is 4.42 Å². The lowest BCUT2D eigenvalue weighted by Crippen LogP contribution is -2.41. The predicted molar refractivity (Wildman–Crippen MR) is 79.3 cm³/mol. The number of furan rings is 1. The van der Waals surface area contributed by atoms with E-state index in [0.717, 1.165) is 5.69 Å². The fraction of sp³-hybridized carbons (Fsp3) is 0.400. The van der Waals surface area contributed by atoms with Crippen molar-refractivity contribution >= 4 is 17.6 Å². The van der Waals surface area contributed by atoms with Crippen LogP contribution in [0.1, 0.15) is 28.9 Å². The molecule has 2 aromatic heterocycles. The van der Waals surface area contributed by atoms with Gasteiger partial charge in [0.25, 0.3) is 5.91 Å². The number of nitrogens with one attached hydrogen (secondary N) is 2. The number of hydrogen-bond acceptors (Lipinski definition) is 4. The number of amides is 2. The van der Waals surface area contributed by atoms with E-state index in [1.165, 1.54) is 12.5 Å². The lowest BCUT2D eigenvalue weighted by Gasteiger charge is -2.30. The minimum absolute atomic E-state index is 0.0399. The van der Waals surface area contributed by atoms with Gasteiger partial charge in [0.1, 0.15) is 6.26 Å². The highest BCUT2D eigenvalue weighted by Gasteiger charge is 2.28. The molecule has 0 radical (unpaired) electrons. The smallest absolute Gasteiger partial charge is 0.257 e. The molecular formula is C15H18N4O3. The molecule has 0 spiro atoms. The number of aromatic nitrogens is 2. The summed E-state index contributed by atoms with van der Waals surface area (Å²) in [6.07, 6.45) is 4.23. The zero-order chi connectivity index (χ0) is 15.5. The molecule has 7 nitrogen and oxygen atoms in total. The average Bonchev–Trinajstić information content (AvgIpc) is 3.18. The van der Waals surface area contributed by atoms with Crippen LogP contribution in [0, 0.1) is 12.8 Å². The van der Waals surface area contributed by atoms with E-state index in [1.54, 1.807) is 17.0 Å². The van der Waals surface area contributed by atoms with Crippen molar-refractivity contribution in [3.8, 4) is 0 Å². The Morgan fingerprint density at radius 2 is 2.18 bits per heavy atom. The number of aromatic amines is 1. The zero-order valence-corrected chi connectivity index (χ0v) is 12.3. The summed E-state index contributed by atoms with van der Waals surface area (Å²) in [5.74, 6) is 0.363. The Kier molecular flexibility index (Phi) is 3.95. The molecule has 1 aliphatic heterocycles. The molecule has 2 amide bonds. The predicted octanol–water partition coefficient (Wildman–Crippen LogP) is 1.80. The Labute approximate surface area is 127 Å². The lowest BCUT2D eigenvalue weighted by molar-refractivity contribution is -0.121. The van der Waals surface area contributed by atoms with Gasteiger partial charge in [-0.15, -0.1) is 0 Å². The largest absolute Gasteiger partial charge is 0.472 e. The molecule has 0 unspecified atom stereocenters. The summed E-state index contributed by atoms with van der Waals surface area (Å²) in [7, 11) is 0. The van der Waals surface area contributed by atoms with Crippen molar-refractivity contribution in [3.05, 3.63) is 35.9 Å². The molecule has 1 saturated heterocycles. The van der Waals surface area contributed by atoms with Crippen molar-refractivity contribution in [2.45, 2.75) is 19.8 Å². The molecule has 0 saturated carbocycles. The van der Waals surface area contributed by atoms with Gasteiger partial charge >= 0.3 is 0 Å². The number of anilines is 1. The highest BCUT2D eigenvalue weighted by atomic mass is 16.3. The second-order valence-corrected chi connectivity index (χ2v) is 5.50. The number of piperidine rings is 1. The minimum atomic E-state index is -0.0922. The van der Waals surface area contributed by atoms with Gasteiger partial charge in [-0.2, -0.15) is 5.10 Å². The summed E-state index contributed by atoms with van der Waals surface area (Å²) in [5.41, 5.74) is 1.45. The van der Waals surface area contributed by atoms with Crippen LogP contribution in [0.5, 0.6) is 0 Å². The van der Waals surface area contributed by atoms with E-state index in [-0.39, 0.29) is 17.7 Å². The SMILES string of the molecule is Cc1cc(NC(=O)C2CCN(C(=O)c3ccoc3)CC2)n[nH]1. The number of hydrogen-bond donors (Lipinski definition) is 2. The lowest BCUT2D eigenvalue weighted by atomic mass is 9.95. The van der Waals surface area contributed by atoms with Gasteiger partial charge in [0.05, 0.1) is 11.8 Å². The maximum atomic E-state index is 12.2. The number of carbonyl (C=O) groups excluding carboxylic acids is 2. The third kappa shape index (κ3) is 3.03. The van der Waals surface area contributed by atoms with E-state index in [0.29, 0.717) is 37.3 Å². The molecule has 0 aromatic carbocycles. The first-order chi connectivity index (χ1) is 10.6. The van der Waals surface area contributed by atoms with Crippen LogP contribution in [-0.2, 0) is 4.79 Å². The molecule has 7 heteroatoms. The van der Waals surface area contributed by atoms with Crippen LogP contribution in [0.4, 0.5) is 5.82 Å². The summed E-state index contributed by atoms with van der Waals surface area (Å²) >= 11 is 0. The molecule has 0 aliphatic carbocycles. The zero-order valence-electron chi connectivity index (χ0n) is 12.3. The second kappa shape index (κ2) is 6.05. The number of rotatable bonds is 3. The Hall–Kier alpha value is -2.57. The van der Waals surface area contributed by atoms with Crippen LogP contribution < -0.4 is 5.32 Å². The van der Waals surface area contributed by atoms with E-state index < -0.39 is 0 Å². The van der Waals surface area contributed by atoms with Crippen molar-refractivity contribution in [1.82, 2.24) is 15.1 Å². The maximum absolute atomic E-state index is 12.2. The third-order valence-corrected chi connectivity index (χ3v) is 3.88. The van der Waals surface area contributed by atoms with Gasteiger partial charge in [0.2, 0.25) is 5.91 Å². The van der Waals surface area contributed by atoms with Gasteiger partial charge in [-0.05, 0) is 25.8 Å². The maximum Gasteiger partial charge on any atom is 0.257 e. The minimum Gasteiger partial charge on any atom is -0.472 e. The summed E-state index contributed by atoms with van der Waals surface area (Å²) in [4.78, 5) is 26.1. The fourth-order valence-electron chi connectivity index (χ4n) is 2.62. The topological polar surface area (TPSA) is 91.2 Å². The fourth-order valence-corrected chi connectivity index (χ4v) is 2.62. The highest BCUT2D eigenvalue weighted by molar-refractivity contribution is 5.94. The molecule has 116 valence electrons. The van der Waals surface area contributed by atoms with Crippen molar-refractivity contribution in [2.24, 2.45) is 5.92 Å². The third-order valence-electron chi connectivity index (χ3n) is 3.88. The Bertz CT molecular complexity index is 654. The van der Waals surface area contributed by atoms with Gasteiger partial charge in [-0.3, -0.25) is 14.7 Å². The van der Waals surface area contributed by atoms with E-state index in [2.05, 4.69) is 15.5 Å². The van der Waals surface area contributed by atoms with Crippen molar-refractivity contribution in [1.29, 1.82) is 0 Å². The molecule has 22 heavy (non-hydrogen) atoms. The van der Waals surface area contributed by atoms with E-state index in [1.807, 2.05) is 6.92 Å². The number of H-pyrrole nitrogens is 1. The first-order valence-electron chi connectivity index (χ1n) is 7.28. The van der Waals surface area contributed by atoms with Crippen molar-refractivity contribution < 1.29 is 14.0 Å². The molecule has 2 N–H and O–H groups in total. The van der Waals surface area contributed by atoms with Crippen molar-refractivity contribution in [3.63, 3.8) is 0 Å². The van der Waals surface area contributed by atoms with Crippen LogP contribution in [0.2, 0.25) is 0 Å². The van der Waals surface area contributed by atoms with E-state index >= 15 is 0 Å². The molecular weight excluding hydrogens is 284 g/mol. The van der Waals surface area contributed by atoms with Gasteiger partial charge in [-0.25, -0.2) is 0 Å². The molecule has 2 aromatic rings. The first kappa shape index (κ1) is 14.4. The molecule has 1 fully saturated rings. The standard InChI is InChI=1S/C15H18N4O3/c1-10-8-13(18-17-10)16-14(20)11-2-5-19(6-3-11)15(21)12-4-7-22-9-12/h4,7-9,11H,2-3,5-6H2,1H3,(H2,16,17,18,20). The van der Waals surface area contributed by atoms with Crippen molar-refractivity contribution in [2.75, 3.05) is 18.4 Å². The van der Waals surface area contributed by atoms with Gasteiger partial charge < -0.3 is 14.6 Å². The van der Waals surface area contributed by atoms with Crippen LogP contribution in [-0.4, -0.2) is 40.0 Å². The summed E-state index contributed by atoms with van der Waals surface area (Å²) in [6.45, 7) is 3.02. The van der Waals surface area contributed by atoms with Crippen LogP contribution >= 0.6 is 0 Å². The molecule has 3 heterocycles. The van der Waals surface area contributed by atoms with Gasteiger partial charge in [-0.1, -0.05) is 0 Å². The quantitative estimate of drug-likeness (QED) is 0.904. The molecule has 0 bridgehead atoms.